The van der Waals surface area contributed by atoms with Gasteiger partial charge in [0.1, 0.15) is 0 Å². The van der Waals surface area contributed by atoms with Crippen molar-refractivity contribution >= 4 is 31.4 Å². The summed E-state index contributed by atoms with van der Waals surface area (Å²) in [4.78, 5) is 4.09. The predicted octanol–water partition coefficient (Wildman–Crippen LogP) is 1.84. The van der Waals surface area contributed by atoms with Gasteiger partial charge in [0.2, 0.25) is 14.2 Å². The van der Waals surface area contributed by atoms with Crippen LogP contribution in [0.2, 0.25) is 0 Å². The maximum atomic E-state index is 12.0. The van der Waals surface area contributed by atoms with E-state index in [1.807, 2.05) is 18.2 Å². The van der Waals surface area contributed by atoms with Crippen LogP contribution in [0.5, 0.6) is 0 Å². The number of aliphatic hydroxyl groups excluding tert-OH is 1. The monoisotopic (exact) mass is 271 g/mol. The lowest BCUT2D eigenvalue weighted by Crippen LogP contribution is -2.19. The van der Waals surface area contributed by atoms with Crippen LogP contribution in [-0.2, 0) is 9.84 Å². The van der Waals surface area contributed by atoms with Gasteiger partial charge in [0, 0.05) is 0 Å². The first-order valence-corrected chi connectivity index (χ1v) is 7.76. The van der Waals surface area contributed by atoms with Gasteiger partial charge in [0.15, 0.2) is 0 Å². The number of rotatable bonds is 4. The van der Waals surface area contributed by atoms with Crippen molar-refractivity contribution in [1.82, 2.24) is 4.98 Å². The minimum Gasteiger partial charge on any atom is -0.392 e. The number of thiazole rings is 1. The fourth-order valence-electron chi connectivity index (χ4n) is 1.43. The highest BCUT2D eigenvalue weighted by atomic mass is 32.2. The van der Waals surface area contributed by atoms with Gasteiger partial charge < -0.3 is 5.11 Å². The van der Waals surface area contributed by atoms with Crippen molar-refractivity contribution in [3.63, 3.8) is 0 Å². The summed E-state index contributed by atoms with van der Waals surface area (Å²) in [5.74, 6) is -0.261. The molecular formula is C11H13NO3S2. The zero-order valence-electron chi connectivity index (χ0n) is 9.33. The molecule has 0 aliphatic heterocycles. The minimum atomic E-state index is -3.48. The summed E-state index contributed by atoms with van der Waals surface area (Å²) in [5, 5.41) is 9.43. The first kappa shape index (κ1) is 12.5. The van der Waals surface area contributed by atoms with Crippen LogP contribution in [0.4, 0.5) is 0 Å². The van der Waals surface area contributed by atoms with Gasteiger partial charge >= 0.3 is 0 Å². The van der Waals surface area contributed by atoms with E-state index < -0.39 is 15.9 Å². The SMILES string of the molecule is CC[C@H](O)CS(=O)(=O)c1nc2ccccc2s1. The first-order chi connectivity index (χ1) is 8.03. The van der Waals surface area contributed by atoms with E-state index >= 15 is 0 Å². The van der Waals surface area contributed by atoms with Crippen LogP contribution in [0.25, 0.3) is 10.2 Å². The average Bonchev–Trinajstić information content (AvgIpc) is 2.72. The van der Waals surface area contributed by atoms with Crippen LogP contribution in [0, 0.1) is 0 Å². The number of aromatic nitrogens is 1. The van der Waals surface area contributed by atoms with Gasteiger partial charge in [-0.15, -0.1) is 11.3 Å². The number of aliphatic hydroxyl groups is 1. The molecule has 17 heavy (non-hydrogen) atoms. The predicted molar refractivity (Wildman–Crippen MR) is 68.0 cm³/mol. The number of hydrogen-bond acceptors (Lipinski definition) is 5. The molecule has 0 spiro atoms. The Morgan fingerprint density at radius 1 is 1.41 bits per heavy atom. The standard InChI is InChI=1S/C11H13NO3S2/c1-2-8(13)7-17(14,15)11-12-9-5-3-4-6-10(9)16-11/h3-6,8,13H,2,7H2,1H3/t8-/m0/s1. The second-order valence-corrected chi connectivity index (χ2v) is 7.03. The lowest BCUT2D eigenvalue weighted by Gasteiger charge is -2.05. The maximum absolute atomic E-state index is 12.0. The van der Waals surface area contributed by atoms with E-state index in [4.69, 9.17) is 0 Å². The van der Waals surface area contributed by atoms with E-state index in [9.17, 15) is 13.5 Å². The van der Waals surface area contributed by atoms with Crippen molar-refractivity contribution in [2.45, 2.75) is 23.8 Å². The fourth-order valence-corrected chi connectivity index (χ4v) is 4.23. The van der Waals surface area contributed by atoms with Crippen LogP contribution in [-0.4, -0.2) is 30.4 Å². The van der Waals surface area contributed by atoms with E-state index in [1.54, 1.807) is 13.0 Å². The molecule has 1 heterocycles. The van der Waals surface area contributed by atoms with E-state index in [1.165, 1.54) is 0 Å². The van der Waals surface area contributed by atoms with Crippen LogP contribution in [0.3, 0.4) is 0 Å². The number of nitrogens with zero attached hydrogens (tertiary/aromatic N) is 1. The second-order valence-electron chi connectivity index (χ2n) is 3.79. The van der Waals surface area contributed by atoms with E-state index in [0.29, 0.717) is 11.9 Å². The van der Waals surface area contributed by atoms with Gasteiger partial charge in [-0.05, 0) is 18.6 Å². The van der Waals surface area contributed by atoms with Gasteiger partial charge in [-0.25, -0.2) is 13.4 Å². The first-order valence-electron chi connectivity index (χ1n) is 5.29. The average molecular weight is 271 g/mol. The molecule has 1 aromatic carbocycles. The molecule has 4 nitrogen and oxygen atoms in total. The summed E-state index contributed by atoms with van der Waals surface area (Å²) >= 11 is 1.15. The van der Waals surface area contributed by atoms with Gasteiger partial charge in [0.25, 0.3) is 0 Å². The van der Waals surface area contributed by atoms with Crippen molar-refractivity contribution in [2.75, 3.05) is 5.75 Å². The third-order valence-electron chi connectivity index (χ3n) is 2.42. The van der Waals surface area contributed by atoms with E-state index in [-0.39, 0.29) is 10.1 Å². The zero-order valence-corrected chi connectivity index (χ0v) is 11.0. The molecular weight excluding hydrogens is 258 g/mol. The van der Waals surface area contributed by atoms with Crippen molar-refractivity contribution in [3.8, 4) is 0 Å². The Labute approximate surface area is 104 Å². The van der Waals surface area contributed by atoms with Gasteiger partial charge in [-0.2, -0.15) is 0 Å². The molecule has 2 aromatic rings. The van der Waals surface area contributed by atoms with Gasteiger partial charge in [-0.1, -0.05) is 19.1 Å². The molecule has 0 saturated heterocycles. The molecule has 0 unspecified atom stereocenters. The second kappa shape index (κ2) is 4.72. The van der Waals surface area contributed by atoms with Crippen molar-refractivity contribution in [3.05, 3.63) is 24.3 Å². The molecule has 2 rings (SSSR count). The largest absolute Gasteiger partial charge is 0.392 e. The third kappa shape index (κ3) is 2.65. The molecule has 1 N–H and O–H groups in total. The van der Waals surface area contributed by atoms with Crippen LogP contribution < -0.4 is 0 Å². The highest BCUT2D eigenvalue weighted by molar-refractivity contribution is 7.93. The van der Waals surface area contributed by atoms with Gasteiger partial charge in [0.05, 0.1) is 22.1 Å². The molecule has 92 valence electrons. The lowest BCUT2D eigenvalue weighted by atomic mass is 10.3. The van der Waals surface area contributed by atoms with Crippen LogP contribution in [0.1, 0.15) is 13.3 Å². The number of fused-ring (bicyclic) bond motifs is 1. The highest BCUT2D eigenvalue weighted by Gasteiger charge is 2.22. The topological polar surface area (TPSA) is 67.3 Å². The Morgan fingerprint density at radius 3 is 2.76 bits per heavy atom. The molecule has 0 saturated carbocycles. The number of hydrogen-bond donors (Lipinski definition) is 1. The number of sulfone groups is 1. The Balaban J connectivity index is 2.39. The van der Waals surface area contributed by atoms with Crippen molar-refractivity contribution < 1.29 is 13.5 Å². The van der Waals surface area contributed by atoms with Crippen molar-refractivity contribution in [1.29, 1.82) is 0 Å². The summed E-state index contributed by atoms with van der Waals surface area (Å²) < 4.78 is 24.9. The van der Waals surface area contributed by atoms with E-state index in [0.717, 1.165) is 16.0 Å². The molecule has 0 radical (unpaired) electrons. The lowest BCUT2D eigenvalue weighted by molar-refractivity contribution is 0.193. The highest BCUT2D eigenvalue weighted by Crippen LogP contribution is 2.26. The zero-order chi connectivity index (χ0) is 12.5. The normalized spacial score (nSPS) is 14.0. The molecule has 6 heteroatoms. The Bertz CT molecular complexity index is 585. The Morgan fingerprint density at radius 2 is 2.12 bits per heavy atom. The molecule has 0 aliphatic carbocycles. The summed E-state index contributed by atoms with van der Waals surface area (Å²) in [5.41, 5.74) is 0.682. The van der Waals surface area contributed by atoms with Crippen molar-refractivity contribution in [2.24, 2.45) is 0 Å². The van der Waals surface area contributed by atoms with Gasteiger partial charge in [-0.3, -0.25) is 0 Å². The molecule has 0 aliphatic rings. The quantitative estimate of drug-likeness (QED) is 0.921. The molecule has 0 bridgehead atoms. The Kier molecular flexibility index (Phi) is 3.46. The third-order valence-corrected chi connectivity index (χ3v) is 5.71. The fraction of sp³-hybridized carbons (Fsp3) is 0.364. The molecule has 1 aromatic heterocycles. The molecule has 0 fully saturated rings. The minimum absolute atomic E-state index is 0.0891. The number of para-hydroxylation sites is 1. The molecule has 1 atom stereocenters. The summed E-state index contributed by atoms with van der Waals surface area (Å²) in [7, 11) is -3.48. The molecule has 0 amide bonds. The van der Waals surface area contributed by atoms with Crippen LogP contribution >= 0.6 is 11.3 Å². The summed E-state index contributed by atoms with van der Waals surface area (Å²) in [6, 6.07) is 7.28. The summed E-state index contributed by atoms with van der Waals surface area (Å²) in [6.07, 6.45) is -0.406. The van der Waals surface area contributed by atoms with E-state index in [2.05, 4.69) is 4.98 Å². The smallest absolute Gasteiger partial charge is 0.210 e. The van der Waals surface area contributed by atoms with Crippen LogP contribution in [0.15, 0.2) is 28.6 Å². The maximum Gasteiger partial charge on any atom is 0.210 e. The number of benzene rings is 1. The summed E-state index contributed by atoms with van der Waals surface area (Å²) in [6.45, 7) is 1.75. The Hall–Kier alpha value is -0.980.